The summed E-state index contributed by atoms with van der Waals surface area (Å²) in [5, 5.41) is 23.3. The van der Waals surface area contributed by atoms with Crippen LogP contribution >= 0.6 is 0 Å². The van der Waals surface area contributed by atoms with Crippen LogP contribution in [-0.2, 0) is 12.0 Å². The molecule has 3 saturated carbocycles. The Morgan fingerprint density at radius 1 is 1.21 bits per heavy atom. The number of hydrogen-bond acceptors (Lipinski definition) is 7. The number of rotatable bonds is 7. The van der Waals surface area contributed by atoms with Gasteiger partial charge >= 0.3 is 0 Å². The monoisotopic (exact) mass is 510 g/mol. The summed E-state index contributed by atoms with van der Waals surface area (Å²) in [4.78, 5) is 13.0. The number of fused-ring (bicyclic) bond motifs is 1. The highest BCUT2D eigenvalue weighted by atomic mass is 19.1. The fourth-order valence-electron chi connectivity index (χ4n) is 5.82. The molecule has 3 fully saturated rings. The predicted octanol–water partition coefficient (Wildman–Crippen LogP) is 5.28. The van der Waals surface area contributed by atoms with Gasteiger partial charge in [-0.2, -0.15) is 9.65 Å². The highest BCUT2D eigenvalue weighted by molar-refractivity contribution is 5.93. The molecule has 2 bridgehead atoms. The zero-order valence-electron chi connectivity index (χ0n) is 22.2. The molecule has 1 aromatic carbocycles. The zero-order chi connectivity index (χ0) is 26.7. The number of nitriles is 1. The van der Waals surface area contributed by atoms with Crippen LogP contribution in [0.1, 0.15) is 74.0 Å². The van der Waals surface area contributed by atoms with E-state index in [2.05, 4.69) is 63.6 Å². The van der Waals surface area contributed by atoms with Gasteiger partial charge in [-0.3, -0.25) is 0 Å². The number of nitrogens with zero attached hydrogens (tertiary/aromatic N) is 7. The third-order valence-electron chi connectivity index (χ3n) is 7.97. The van der Waals surface area contributed by atoms with Crippen molar-refractivity contribution in [2.45, 2.75) is 64.8 Å². The van der Waals surface area contributed by atoms with Crippen molar-refractivity contribution in [3.05, 3.63) is 70.8 Å². The van der Waals surface area contributed by atoms with Crippen LogP contribution in [-0.4, -0.2) is 36.5 Å². The lowest BCUT2D eigenvalue weighted by molar-refractivity contribution is -0.0989. The minimum absolute atomic E-state index is 0.0529. The van der Waals surface area contributed by atoms with Crippen LogP contribution in [0.2, 0.25) is 0 Å². The van der Waals surface area contributed by atoms with Gasteiger partial charge in [0.05, 0.1) is 22.3 Å². The van der Waals surface area contributed by atoms with Crippen molar-refractivity contribution < 1.29 is 4.39 Å². The van der Waals surface area contributed by atoms with Gasteiger partial charge in [-0.1, -0.05) is 32.1 Å². The van der Waals surface area contributed by atoms with E-state index in [9.17, 15) is 9.65 Å². The SMILES string of the molecule is Cc1nc(F)ccc1[C@H](Cc1cc(C#N)c2ncnc(NCC(C)(C)C)c2c1)c1cn(C23CC(C2)C3)nn1. The van der Waals surface area contributed by atoms with Gasteiger partial charge in [0, 0.05) is 29.7 Å². The van der Waals surface area contributed by atoms with Crippen LogP contribution in [0.4, 0.5) is 10.2 Å². The van der Waals surface area contributed by atoms with Gasteiger partial charge < -0.3 is 5.32 Å². The molecule has 0 spiro atoms. The number of anilines is 1. The topological polar surface area (TPSA) is 105 Å². The van der Waals surface area contributed by atoms with Crippen molar-refractivity contribution >= 4 is 16.7 Å². The van der Waals surface area contributed by atoms with Crippen molar-refractivity contribution in [3.63, 3.8) is 0 Å². The Hall–Kier alpha value is -3.93. The maximum atomic E-state index is 13.9. The first-order chi connectivity index (χ1) is 18.1. The standard InChI is InChI=1S/C29H31FN8/c1-17-21(5-6-25(30)35-17)22(24-14-38(37-36-24)29-10-19(11-29)12-29)8-18-7-20(13-31)26-23(9-18)27(34-16-33-26)32-15-28(2,3)4/h5-7,9,14,16,19,22H,8,10-12,15H2,1-4H3,(H,32,33,34)/t19?,22-,29?/m0/s1. The largest absolute Gasteiger partial charge is 0.369 e. The molecule has 3 aromatic heterocycles. The molecule has 0 unspecified atom stereocenters. The first-order valence-corrected chi connectivity index (χ1v) is 13.1. The second-order valence-corrected chi connectivity index (χ2v) is 12.1. The highest BCUT2D eigenvalue weighted by Crippen LogP contribution is 2.62. The smallest absolute Gasteiger partial charge is 0.213 e. The van der Waals surface area contributed by atoms with Gasteiger partial charge in [-0.25, -0.2) is 19.6 Å². The van der Waals surface area contributed by atoms with Crippen molar-refractivity contribution in [2.75, 3.05) is 11.9 Å². The molecule has 0 aliphatic heterocycles. The molecule has 4 aromatic rings. The van der Waals surface area contributed by atoms with E-state index in [0.29, 0.717) is 29.0 Å². The Morgan fingerprint density at radius 2 is 2.00 bits per heavy atom. The third kappa shape index (κ3) is 4.28. The summed E-state index contributed by atoms with van der Waals surface area (Å²) < 4.78 is 16.0. The Balaban J connectivity index is 1.41. The van der Waals surface area contributed by atoms with Gasteiger partial charge in [0.2, 0.25) is 5.95 Å². The van der Waals surface area contributed by atoms with Gasteiger partial charge in [0.15, 0.2) is 0 Å². The van der Waals surface area contributed by atoms with Crippen LogP contribution in [0.15, 0.2) is 36.8 Å². The molecular weight excluding hydrogens is 479 g/mol. The molecule has 8 nitrogen and oxygen atoms in total. The van der Waals surface area contributed by atoms with E-state index in [1.54, 1.807) is 6.07 Å². The number of aromatic nitrogens is 6. The van der Waals surface area contributed by atoms with E-state index < -0.39 is 5.95 Å². The molecule has 38 heavy (non-hydrogen) atoms. The lowest BCUT2D eigenvalue weighted by Crippen LogP contribution is -2.59. The minimum atomic E-state index is -0.508. The molecule has 194 valence electrons. The van der Waals surface area contributed by atoms with Crippen molar-refractivity contribution in [1.29, 1.82) is 5.26 Å². The van der Waals surface area contributed by atoms with Gasteiger partial charge in [0.25, 0.3) is 0 Å². The molecule has 0 amide bonds. The van der Waals surface area contributed by atoms with Crippen LogP contribution in [0.5, 0.6) is 0 Å². The molecular formula is C29H31FN8. The maximum Gasteiger partial charge on any atom is 0.213 e. The van der Waals surface area contributed by atoms with Gasteiger partial charge in [-0.05, 0) is 73.3 Å². The quantitative estimate of drug-likeness (QED) is 0.337. The Morgan fingerprint density at radius 3 is 2.66 bits per heavy atom. The van der Waals surface area contributed by atoms with E-state index in [0.717, 1.165) is 53.9 Å². The number of hydrogen-bond donors (Lipinski definition) is 1. The highest BCUT2D eigenvalue weighted by Gasteiger charge is 2.58. The Labute approximate surface area is 221 Å². The lowest BCUT2D eigenvalue weighted by atomic mass is 9.50. The summed E-state index contributed by atoms with van der Waals surface area (Å²) in [6.45, 7) is 9.00. The fourth-order valence-corrected chi connectivity index (χ4v) is 5.82. The minimum Gasteiger partial charge on any atom is -0.369 e. The Bertz CT molecular complexity index is 1560. The lowest BCUT2D eigenvalue weighted by Gasteiger charge is -2.61. The number of benzene rings is 1. The maximum absolute atomic E-state index is 13.9. The van der Waals surface area contributed by atoms with E-state index >= 15 is 0 Å². The summed E-state index contributed by atoms with van der Waals surface area (Å²) in [6, 6.07) is 9.42. The average Bonchev–Trinajstić information content (AvgIpc) is 3.28. The Kier molecular flexibility index (Phi) is 5.67. The molecule has 3 aliphatic carbocycles. The van der Waals surface area contributed by atoms with Crippen molar-refractivity contribution in [1.82, 2.24) is 29.9 Å². The van der Waals surface area contributed by atoms with Gasteiger partial charge in [0.1, 0.15) is 18.2 Å². The van der Waals surface area contributed by atoms with Crippen LogP contribution in [0, 0.1) is 35.5 Å². The van der Waals surface area contributed by atoms with Crippen molar-refractivity contribution in [2.24, 2.45) is 11.3 Å². The number of pyridine rings is 1. The molecule has 3 aliphatic rings. The van der Waals surface area contributed by atoms with Crippen LogP contribution in [0.3, 0.4) is 0 Å². The normalized spacial score (nSPS) is 20.9. The summed E-state index contributed by atoms with van der Waals surface area (Å²) in [5.74, 6) is 0.817. The van der Waals surface area contributed by atoms with E-state index in [4.69, 9.17) is 0 Å². The predicted molar refractivity (Wildman–Crippen MR) is 142 cm³/mol. The van der Waals surface area contributed by atoms with E-state index in [1.165, 1.54) is 12.4 Å². The molecule has 1 atom stereocenters. The molecule has 9 heteroatoms. The molecule has 3 heterocycles. The van der Waals surface area contributed by atoms with Crippen LogP contribution in [0.25, 0.3) is 10.9 Å². The fraction of sp³-hybridized carbons (Fsp3) is 0.448. The molecule has 0 radical (unpaired) electrons. The van der Waals surface area contributed by atoms with Crippen molar-refractivity contribution in [3.8, 4) is 6.07 Å². The summed E-state index contributed by atoms with van der Waals surface area (Å²) in [5.41, 5.74) is 4.56. The zero-order valence-corrected chi connectivity index (χ0v) is 22.2. The molecule has 7 rings (SSSR count). The summed E-state index contributed by atoms with van der Waals surface area (Å²) in [6.07, 6.45) is 7.58. The van der Waals surface area contributed by atoms with E-state index in [-0.39, 0.29) is 16.9 Å². The average molecular weight is 511 g/mol. The third-order valence-corrected chi connectivity index (χ3v) is 7.97. The summed E-state index contributed by atoms with van der Waals surface area (Å²) >= 11 is 0. The first kappa shape index (κ1) is 24.4. The van der Waals surface area contributed by atoms with E-state index in [1.807, 2.05) is 23.7 Å². The number of halogens is 1. The number of nitrogens with one attached hydrogen (secondary N) is 1. The molecule has 0 saturated heterocycles. The first-order valence-electron chi connectivity index (χ1n) is 13.1. The van der Waals surface area contributed by atoms with Gasteiger partial charge in [-0.15, -0.1) is 5.10 Å². The number of aryl methyl sites for hydroxylation is 1. The molecule has 1 N–H and O–H groups in total. The van der Waals surface area contributed by atoms with Crippen LogP contribution < -0.4 is 5.32 Å². The summed E-state index contributed by atoms with van der Waals surface area (Å²) in [7, 11) is 0. The second-order valence-electron chi connectivity index (χ2n) is 12.1. The second kappa shape index (κ2) is 8.83.